The van der Waals surface area contributed by atoms with Gasteiger partial charge >= 0.3 is 0 Å². The average molecular weight is 266 g/mol. The van der Waals surface area contributed by atoms with Gasteiger partial charge in [0.1, 0.15) is 0 Å². The quantitative estimate of drug-likeness (QED) is 0.339. The number of thiophene rings is 1. The predicted octanol–water partition coefficient (Wildman–Crippen LogP) is 2.16. The van der Waals surface area contributed by atoms with Gasteiger partial charge in [-0.05, 0) is 36.3 Å². The number of hydrogen-bond acceptors (Lipinski definition) is 3. The van der Waals surface area contributed by atoms with Gasteiger partial charge in [0.25, 0.3) is 0 Å². The Morgan fingerprint density at radius 3 is 2.94 bits per heavy atom. The van der Waals surface area contributed by atoms with Crippen molar-refractivity contribution in [3.8, 4) is 0 Å². The van der Waals surface area contributed by atoms with E-state index in [4.69, 9.17) is 5.84 Å². The minimum Gasteiger partial charge on any atom is -0.353 e. The predicted molar refractivity (Wildman–Crippen MR) is 77.6 cm³/mol. The third-order valence-electron chi connectivity index (χ3n) is 3.43. The summed E-state index contributed by atoms with van der Waals surface area (Å²) < 4.78 is 0. The Hall–Kier alpha value is -1.07. The lowest BCUT2D eigenvalue weighted by Gasteiger charge is -2.14. The SMILES string of the molecule is CCc1ccsc1CN=C(NN)NC1CCCC1. The van der Waals surface area contributed by atoms with Gasteiger partial charge in [-0.3, -0.25) is 5.43 Å². The van der Waals surface area contributed by atoms with Gasteiger partial charge in [-0.1, -0.05) is 19.8 Å². The zero-order valence-electron chi connectivity index (χ0n) is 10.9. The number of nitrogens with two attached hydrogens (primary N) is 1. The fourth-order valence-electron chi connectivity index (χ4n) is 2.37. The summed E-state index contributed by atoms with van der Waals surface area (Å²) in [6, 6.07) is 2.71. The molecule has 0 radical (unpaired) electrons. The molecule has 18 heavy (non-hydrogen) atoms. The van der Waals surface area contributed by atoms with Crippen LogP contribution in [0.15, 0.2) is 16.4 Å². The molecule has 0 aliphatic heterocycles. The van der Waals surface area contributed by atoms with Crippen LogP contribution in [0.3, 0.4) is 0 Å². The van der Waals surface area contributed by atoms with Crippen LogP contribution in [0.25, 0.3) is 0 Å². The lowest BCUT2D eigenvalue weighted by molar-refractivity contribution is 0.614. The first-order valence-electron chi connectivity index (χ1n) is 6.66. The molecule has 1 heterocycles. The number of aryl methyl sites for hydroxylation is 1. The molecule has 1 aromatic rings. The second-order valence-electron chi connectivity index (χ2n) is 4.66. The third kappa shape index (κ3) is 3.46. The standard InChI is InChI=1S/C13H22N4S/c1-2-10-7-8-18-12(10)9-15-13(17-14)16-11-5-3-4-6-11/h7-8,11H,2-6,9,14H2,1H3,(H2,15,16,17). The lowest BCUT2D eigenvalue weighted by atomic mass is 10.2. The number of aliphatic imine (C=N–C) groups is 1. The van der Waals surface area contributed by atoms with Gasteiger partial charge in [0.2, 0.25) is 5.96 Å². The average Bonchev–Trinajstić information content (AvgIpc) is 3.05. The number of nitrogens with one attached hydrogen (secondary N) is 2. The van der Waals surface area contributed by atoms with Crippen molar-refractivity contribution in [2.24, 2.45) is 10.8 Å². The molecule has 1 aliphatic rings. The van der Waals surface area contributed by atoms with Crippen molar-refractivity contribution in [1.29, 1.82) is 0 Å². The fraction of sp³-hybridized carbons (Fsp3) is 0.615. The van der Waals surface area contributed by atoms with Crippen LogP contribution in [-0.4, -0.2) is 12.0 Å². The van der Waals surface area contributed by atoms with Crippen molar-refractivity contribution in [2.45, 2.75) is 51.6 Å². The van der Waals surface area contributed by atoms with Gasteiger partial charge < -0.3 is 5.32 Å². The van der Waals surface area contributed by atoms with E-state index in [0.29, 0.717) is 12.6 Å². The Kier molecular flexibility index (Phi) is 5.01. The van der Waals surface area contributed by atoms with Crippen molar-refractivity contribution in [3.63, 3.8) is 0 Å². The molecule has 0 amide bonds. The second kappa shape index (κ2) is 6.75. The molecule has 0 atom stereocenters. The van der Waals surface area contributed by atoms with Gasteiger partial charge in [0.15, 0.2) is 0 Å². The number of hydrogen-bond donors (Lipinski definition) is 3. The minimum atomic E-state index is 0.536. The van der Waals surface area contributed by atoms with Gasteiger partial charge in [0.05, 0.1) is 6.54 Å². The van der Waals surface area contributed by atoms with E-state index in [0.717, 1.165) is 12.4 Å². The zero-order valence-corrected chi connectivity index (χ0v) is 11.7. The maximum atomic E-state index is 5.52. The summed E-state index contributed by atoms with van der Waals surface area (Å²) in [5.41, 5.74) is 4.06. The molecule has 1 aromatic heterocycles. The van der Waals surface area contributed by atoms with E-state index < -0.39 is 0 Å². The molecule has 1 aliphatic carbocycles. The Labute approximate surface area is 113 Å². The van der Waals surface area contributed by atoms with Crippen LogP contribution in [0.1, 0.15) is 43.0 Å². The Morgan fingerprint density at radius 2 is 2.28 bits per heavy atom. The van der Waals surface area contributed by atoms with Crippen LogP contribution < -0.4 is 16.6 Å². The summed E-state index contributed by atoms with van der Waals surface area (Å²) in [7, 11) is 0. The molecule has 2 rings (SSSR count). The maximum absolute atomic E-state index is 5.52. The van der Waals surface area contributed by atoms with Crippen molar-refractivity contribution in [3.05, 3.63) is 21.9 Å². The summed E-state index contributed by atoms with van der Waals surface area (Å²) in [6.07, 6.45) is 6.12. The molecule has 0 saturated heterocycles. The highest BCUT2D eigenvalue weighted by molar-refractivity contribution is 7.10. The smallest absolute Gasteiger partial charge is 0.206 e. The van der Waals surface area contributed by atoms with E-state index in [1.54, 1.807) is 11.3 Å². The molecular formula is C13H22N4S. The summed E-state index contributed by atoms with van der Waals surface area (Å²) in [5, 5.41) is 5.51. The van der Waals surface area contributed by atoms with E-state index in [1.165, 1.54) is 36.1 Å². The molecule has 0 bridgehead atoms. The topological polar surface area (TPSA) is 62.4 Å². The van der Waals surface area contributed by atoms with Crippen LogP contribution in [0.2, 0.25) is 0 Å². The number of hydrazine groups is 1. The van der Waals surface area contributed by atoms with Crippen molar-refractivity contribution < 1.29 is 0 Å². The first-order chi connectivity index (χ1) is 8.83. The molecule has 0 aromatic carbocycles. The summed E-state index contributed by atoms with van der Waals surface area (Å²) in [5.74, 6) is 6.24. The molecule has 1 fully saturated rings. The summed E-state index contributed by atoms with van der Waals surface area (Å²) in [4.78, 5) is 5.87. The highest BCUT2D eigenvalue weighted by atomic mass is 32.1. The van der Waals surface area contributed by atoms with Crippen LogP contribution in [-0.2, 0) is 13.0 Å². The first kappa shape index (κ1) is 13.4. The largest absolute Gasteiger partial charge is 0.353 e. The van der Waals surface area contributed by atoms with Crippen LogP contribution in [0.5, 0.6) is 0 Å². The minimum absolute atomic E-state index is 0.536. The van der Waals surface area contributed by atoms with Crippen molar-refractivity contribution in [1.82, 2.24) is 10.7 Å². The molecule has 5 heteroatoms. The van der Waals surface area contributed by atoms with Crippen LogP contribution in [0, 0.1) is 0 Å². The van der Waals surface area contributed by atoms with Gasteiger partial charge in [0, 0.05) is 10.9 Å². The van der Waals surface area contributed by atoms with E-state index in [2.05, 4.69) is 34.1 Å². The number of nitrogens with zero attached hydrogens (tertiary/aromatic N) is 1. The number of guanidine groups is 1. The van der Waals surface area contributed by atoms with Crippen molar-refractivity contribution in [2.75, 3.05) is 0 Å². The van der Waals surface area contributed by atoms with E-state index >= 15 is 0 Å². The Bertz CT molecular complexity index is 393. The third-order valence-corrected chi connectivity index (χ3v) is 4.38. The van der Waals surface area contributed by atoms with Gasteiger partial charge in [-0.15, -0.1) is 11.3 Å². The van der Waals surface area contributed by atoms with E-state index in [-0.39, 0.29) is 0 Å². The van der Waals surface area contributed by atoms with Crippen molar-refractivity contribution >= 4 is 17.3 Å². The summed E-state index contributed by atoms with van der Waals surface area (Å²) in [6.45, 7) is 2.88. The zero-order chi connectivity index (χ0) is 12.8. The van der Waals surface area contributed by atoms with Gasteiger partial charge in [-0.2, -0.15) is 0 Å². The lowest BCUT2D eigenvalue weighted by Crippen LogP contribution is -2.45. The molecule has 0 spiro atoms. The normalized spacial score (nSPS) is 17.1. The first-order valence-corrected chi connectivity index (χ1v) is 7.54. The van der Waals surface area contributed by atoms with E-state index in [1.807, 2.05) is 0 Å². The molecule has 100 valence electrons. The molecule has 0 unspecified atom stereocenters. The Morgan fingerprint density at radius 1 is 1.50 bits per heavy atom. The molecule has 1 saturated carbocycles. The highest BCUT2D eigenvalue weighted by Gasteiger charge is 2.15. The van der Waals surface area contributed by atoms with Crippen LogP contribution in [0.4, 0.5) is 0 Å². The van der Waals surface area contributed by atoms with Crippen LogP contribution >= 0.6 is 11.3 Å². The van der Waals surface area contributed by atoms with Gasteiger partial charge in [-0.25, -0.2) is 10.8 Å². The number of rotatable bonds is 4. The maximum Gasteiger partial charge on any atom is 0.206 e. The van der Waals surface area contributed by atoms with E-state index in [9.17, 15) is 0 Å². The molecule has 4 nitrogen and oxygen atoms in total. The fourth-order valence-corrected chi connectivity index (χ4v) is 3.27. The second-order valence-corrected chi connectivity index (χ2v) is 5.66. The monoisotopic (exact) mass is 266 g/mol. The molecule has 4 N–H and O–H groups in total. The Balaban J connectivity index is 1.92. The highest BCUT2D eigenvalue weighted by Crippen LogP contribution is 2.19. The summed E-state index contributed by atoms with van der Waals surface area (Å²) >= 11 is 1.77. The molecular weight excluding hydrogens is 244 g/mol.